The predicted molar refractivity (Wildman–Crippen MR) is 91.8 cm³/mol. The zero-order valence-corrected chi connectivity index (χ0v) is 14.4. The Labute approximate surface area is 146 Å². The summed E-state index contributed by atoms with van der Waals surface area (Å²) in [4.78, 5) is 40.5. The van der Waals surface area contributed by atoms with Crippen molar-refractivity contribution in [1.82, 2.24) is 5.48 Å². The van der Waals surface area contributed by atoms with E-state index in [2.05, 4.69) is 5.48 Å². The van der Waals surface area contributed by atoms with Crippen LogP contribution in [0.3, 0.4) is 0 Å². The Morgan fingerprint density at radius 3 is 2.28 bits per heavy atom. The average Bonchev–Trinajstić information content (AvgIpc) is 2.59. The Bertz CT molecular complexity index is 674. The van der Waals surface area contributed by atoms with Crippen LogP contribution in [0.1, 0.15) is 51.0 Å². The van der Waals surface area contributed by atoms with E-state index < -0.39 is 4.92 Å². The number of ketones is 2. The molecule has 1 fully saturated rings. The molecule has 0 heterocycles. The van der Waals surface area contributed by atoms with Gasteiger partial charge in [0.1, 0.15) is 0 Å². The van der Waals surface area contributed by atoms with Crippen molar-refractivity contribution in [1.29, 1.82) is 0 Å². The first-order chi connectivity index (χ1) is 12.0. The highest BCUT2D eigenvalue weighted by molar-refractivity contribution is 6.22. The van der Waals surface area contributed by atoms with E-state index in [9.17, 15) is 19.7 Å². The summed E-state index contributed by atoms with van der Waals surface area (Å²) in [6.07, 6.45) is 1.76. The first-order valence-electron chi connectivity index (χ1n) is 8.39. The van der Waals surface area contributed by atoms with Crippen LogP contribution in [0, 0.1) is 10.1 Å². The van der Waals surface area contributed by atoms with Crippen molar-refractivity contribution in [3.63, 3.8) is 0 Å². The third-order valence-electron chi connectivity index (χ3n) is 4.14. The number of nitro benzene ring substituents is 1. The van der Waals surface area contributed by atoms with Gasteiger partial charge in [0.2, 0.25) is 0 Å². The summed E-state index contributed by atoms with van der Waals surface area (Å²) in [5, 5.41) is 10.7. The van der Waals surface area contributed by atoms with Crippen LogP contribution in [0.25, 0.3) is 0 Å². The highest BCUT2D eigenvalue weighted by Crippen LogP contribution is 2.33. The molecule has 0 atom stereocenters. The number of allylic oxidation sites excluding steroid dienone is 2. The van der Waals surface area contributed by atoms with Gasteiger partial charge in [-0.25, -0.2) is 0 Å². The van der Waals surface area contributed by atoms with Crippen LogP contribution in [0.15, 0.2) is 35.5 Å². The van der Waals surface area contributed by atoms with Gasteiger partial charge in [-0.15, -0.1) is 0 Å². The molecule has 25 heavy (non-hydrogen) atoms. The summed E-state index contributed by atoms with van der Waals surface area (Å²) < 4.78 is 0. The van der Waals surface area contributed by atoms with Gasteiger partial charge in [0.05, 0.1) is 22.8 Å². The number of hydrogen-bond acceptors (Lipinski definition) is 6. The van der Waals surface area contributed by atoms with Crippen LogP contribution >= 0.6 is 0 Å². The summed E-state index contributed by atoms with van der Waals surface area (Å²) >= 11 is 0. The van der Waals surface area contributed by atoms with E-state index in [4.69, 9.17) is 4.84 Å². The van der Waals surface area contributed by atoms with Crippen LogP contribution in [-0.4, -0.2) is 23.1 Å². The van der Waals surface area contributed by atoms with Gasteiger partial charge >= 0.3 is 0 Å². The van der Waals surface area contributed by atoms with E-state index in [0.717, 1.165) is 12.0 Å². The molecule has 0 spiro atoms. The summed E-state index contributed by atoms with van der Waals surface area (Å²) in [7, 11) is 0. The second kappa shape index (κ2) is 8.53. The normalized spacial score (nSPS) is 17.5. The second-order valence-electron chi connectivity index (χ2n) is 5.94. The van der Waals surface area contributed by atoms with Gasteiger partial charge < -0.3 is 0 Å². The Morgan fingerprint density at radius 1 is 1.20 bits per heavy atom. The van der Waals surface area contributed by atoms with Crippen molar-refractivity contribution in [2.45, 2.75) is 45.4 Å². The van der Waals surface area contributed by atoms with Crippen LogP contribution in [0.2, 0.25) is 0 Å². The molecule has 0 aliphatic heterocycles. The topological polar surface area (TPSA) is 98.5 Å². The van der Waals surface area contributed by atoms with Crippen molar-refractivity contribution in [3.8, 4) is 0 Å². The number of rotatable bonds is 7. The van der Waals surface area contributed by atoms with Gasteiger partial charge in [-0.2, -0.15) is 0 Å². The van der Waals surface area contributed by atoms with E-state index in [1.807, 2.05) is 13.8 Å². The Morgan fingerprint density at radius 2 is 1.80 bits per heavy atom. The molecule has 1 aromatic carbocycles. The number of Topliss-reactive ketones (excluding diaryl/α,β-unsaturated/α-hetero) is 2. The van der Waals surface area contributed by atoms with Gasteiger partial charge in [0.15, 0.2) is 11.6 Å². The minimum Gasteiger partial charge on any atom is -0.294 e. The van der Waals surface area contributed by atoms with E-state index in [0.29, 0.717) is 18.7 Å². The third-order valence-corrected chi connectivity index (χ3v) is 4.14. The number of nitrogens with one attached hydrogen (secondary N) is 1. The van der Waals surface area contributed by atoms with Crippen LogP contribution in [0.4, 0.5) is 5.69 Å². The fraction of sp³-hybridized carbons (Fsp3) is 0.444. The molecule has 0 bridgehead atoms. The van der Waals surface area contributed by atoms with Crippen LogP contribution in [-0.2, 0) is 14.4 Å². The average molecular weight is 346 g/mol. The molecule has 0 unspecified atom stereocenters. The molecule has 7 nitrogen and oxygen atoms in total. The van der Waals surface area contributed by atoms with Gasteiger partial charge in [0.25, 0.3) is 5.69 Å². The first kappa shape index (κ1) is 18.8. The molecule has 0 amide bonds. The predicted octanol–water partition coefficient (Wildman–Crippen LogP) is 3.21. The molecular formula is C18H22N2O5. The van der Waals surface area contributed by atoms with Crippen molar-refractivity contribution >= 4 is 17.3 Å². The SMILES string of the molecule is CCCC(NOCC)=C1C(=O)CC(c2ccc([N+](=O)[O-])cc2)CC1=O. The molecule has 7 heteroatoms. The molecule has 0 saturated heterocycles. The summed E-state index contributed by atoms with van der Waals surface area (Å²) in [5.74, 6) is -0.676. The number of nitrogens with zero attached hydrogens (tertiary/aromatic N) is 1. The Hall–Kier alpha value is -2.54. The third kappa shape index (κ3) is 4.51. The smallest absolute Gasteiger partial charge is 0.269 e. The fourth-order valence-corrected chi connectivity index (χ4v) is 2.96. The van der Waals surface area contributed by atoms with Gasteiger partial charge in [-0.05, 0) is 24.8 Å². The standard InChI is InChI=1S/C18H22N2O5/c1-3-5-15(19-25-4-2)18-16(21)10-13(11-17(18)22)12-6-8-14(9-7-12)20(23)24/h6-9,13,19H,3-5,10-11H2,1-2H3. The Balaban J connectivity index is 2.22. The molecular weight excluding hydrogens is 324 g/mol. The number of hydrogen-bond donors (Lipinski definition) is 1. The number of non-ortho nitro benzene ring substituents is 1. The highest BCUT2D eigenvalue weighted by Gasteiger charge is 2.33. The molecule has 2 rings (SSSR count). The Kier molecular flexibility index (Phi) is 6.41. The maximum Gasteiger partial charge on any atom is 0.269 e. The maximum atomic E-state index is 12.6. The van der Waals surface area contributed by atoms with Crippen molar-refractivity contribution in [3.05, 3.63) is 51.2 Å². The quantitative estimate of drug-likeness (QED) is 0.352. The van der Waals surface area contributed by atoms with Crippen molar-refractivity contribution in [2.24, 2.45) is 0 Å². The largest absolute Gasteiger partial charge is 0.294 e. The van der Waals surface area contributed by atoms with E-state index >= 15 is 0 Å². The fourth-order valence-electron chi connectivity index (χ4n) is 2.96. The molecule has 134 valence electrons. The second-order valence-corrected chi connectivity index (χ2v) is 5.94. The van der Waals surface area contributed by atoms with E-state index in [1.165, 1.54) is 12.1 Å². The van der Waals surface area contributed by atoms with E-state index in [1.54, 1.807) is 12.1 Å². The molecule has 1 saturated carbocycles. The highest BCUT2D eigenvalue weighted by atomic mass is 16.6. The number of hydroxylamine groups is 1. The summed E-state index contributed by atoms with van der Waals surface area (Å²) in [5.41, 5.74) is 4.24. The van der Waals surface area contributed by atoms with Crippen molar-refractivity contribution < 1.29 is 19.3 Å². The van der Waals surface area contributed by atoms with Crippen LogP contribution in [0.5, 0.6) is 0 Å². The maximum absolute atomic E-state index is 12.6. The monoisotopic (exact) mass is 346 g/mol. The minimum atomic E-state index is -0.474. The lowest BCUT2D eigenvalue weighted by atomic mass is 9.79. The summed E-state index contributed by atoms with van der Waals surface area (Å²) in [6, 6.07) is 6.02. The number of benzene rings is 1. The lowest BCUT2D eigenvalue weighted by Gasteiger charge is -2.24. The first-order valence-corrected chi connectivity index (χ1v) is 8.39. The molecule has 0 radical (unpaired) electrons. The number of carbonyl (C=O) groups is 2. The zero-order valence-electron chi connectivity index (χ0n) is 14.4. The van der Waals surface area contributed by atoms with Crippen molar-refractivity contribution in [2.75, 3.05) is 6.61 Å². The van der Waals surface area contributed by atoms with Crippen LogP contribution < -0.4 is 5.48 Å². The molecule has 1 aliphatic rings. The molecule has 1 aromatic rings. The zero-order chi connectivity index (χ0) is 18.4. The van der Waals surface area contributed by atoms with Gasteiger partial charge in [0, 0.05) is 25.0 Å². The van der Waals surface area contributed by atoms with Gasteiger partial charge in [-0.1, -0.05) is 25.5 Å². The molecule has 1 aliphatic carbocycles. The lowest BCUT2D eigenvalue weighted by Crippen LogP contribution is -2.29. The van der Waals surface area contributed by atoms with Gasteiger partial charge in [-0.3, -0.25) is 30.0 Å². The van der Waals surface area contributed by atoms with E-state index in [-0.39, 0.29) is 41.6 Å². The lowest BCUT2D eigenvalue weighted by molar-refractivity contribution is -0.384. The number of nitro groups is 1. The molecule has 1 N–H and O–H groups in total. The number of carbonyl (C=O) groups excluding carboxylic acids is 2. The summed E-state index contributed by atoms with van der Waals surface area (Å²) in [6.45, 7) is 4.20. The minimum absolute atomic E-state index is 0.0102. The molecule has 0 aromatic heterocycles.